The van der Waals surface area contributed by atoms with Crippen LogP contribution in [0.4, 0.5) is 0 Å². The van der Waals surface area contributed by atoms with Gasteiger partial charge in [-0.1, -0.05) is 17.7 Å². The minimum atomic E-state index is -0.0896. The molecule has 1 amide bonds. The minimum absolute atomic E-state index is 0.0896. The molecular weight excluding hydrogens is 277 g/mol. The summed E-state index contributed by atoms with van der Waals surface area (Å²) in [5.74, 6) is 0.591. The molecule has 0 radical (unpaired) electrons. The van der Waals surface area contributed by atoms with Crippen molar-refractivity contribution in [2.75, 3.05) is 6.54 Å². The first-order valence-electron chi connectivity index (χ1n) is 4.90. The van der Waals surface area contributed by atoms with Crippen LogP contribution in [0.5, 0.6) is 0 Å². The molecule has 0 saturated heterocycles. The number of carbonyl (C=O) groups excluding carboxylic acids is 1. The maximum atomic E-state index is 11.7. The van der Waals surface area contributed by atoms with Gasteiger partial charge in [0, 0.05) is 11.0 Å². The fourth-order valence-electron chi connectivity index (χ4n) is 1.33. The normalized spacial score (nSPS) is 15.1. The molecular formula is C11H11BrClNO. The lowest BCUT2D eigenvalue weighted by atomic mass is 10.2. The molecule has 0 aliphatic heterocycles. The van der Waals surface area contributed by atoms with Crippen LogP contribution in [-0.4, -0.2) is 12.5 Å². The van der Waals surface area contributed by atoms with Crippen molar-refractivity contribution in [1.82, 2.24) is 5.32 Å². The molecule has 1 aromatic rings. The van der Waals surface area contributed by atoms with Crippen molar-refractivity contribution in [1.29, 1.82) is 0 Å². The van der Waals surface area contributed by atoms with Gasteiger partial charge in [0.15, 0.2) is 0 Å². The molecule has 1 fully saturated rings. The number of amides is 1. The van der Waals surface area contributed by atoms with Crippen molar-refractivity contribution in [3.05, 3.63) is 33.3 Å². The Balaban J connectivity index is 2.06. The molecule has 80 valence electrons. The SMILES string of the molecule is O=C(NCC1CC1)c1cccc(Br)c1Cl. The maximum absolute atomic E-state index is 11.7. The van der Waals surface area contributed by atoms with E-state index in [4.69, 9.17) is 11.6 Å². The van der Waals surface area contributed by atoms with Crippen LogP contribution in [0, 0.1) is 5.92 Å². The number of benzene rings is 1. The van der Waals surface area contributed by atoms with Gasteiger partial charge in [0.05, 0.1) is 10.6 Å². The Morgan fingerprint density at radius 3 is 2.93 bits per heavy atom. The standard InChI is InChI=1S/C11H11BrClNO/c12-9-3-1-2-8(10(9)13)11(15)14-6-7-4-5-7/h1-3,7H,4-6H2,(H,14,15). The third kappa shape index (κ3) is 2.73. The van der Waals surface area contributed by atoms with Crippen molar-refractivity contribution < 1.29 is 4.79 Å². The molecule has 1 aromatic carbocycles. The van der Waals surface area contributed by atoms with Gasteiger partial charge in [0.1, 0.15) is 0 Å². The molecule has 4 heteroatoms. The summed E-state index contributed by atoms with van der Waals surface area (Å²) in [4.78, 5) is 11.7. The van der Waals surface area contributed by atoms with Crippen LogP contribution in [0.25, 0.3) is 0 Å². The van der Waals surface area contributed by atoms with Gasteiger partial charge in [-0.15, -0.1) is 0 Å². The van der Waals surface area contributed by atoms with Gasteiger partial charge in [0.2, 0.25) is 0 Å². The zero-order chi connectivity index (χ0) is 10.8. The zero-order valence-corrected chi connectivity index (χ0v) is 10.4. The fraction of sp³-hybridized carbons (Fsp3) is 0.364. The van der Waals surface area contributed by atoms with E-state index in [1.54, 1.807) is 6.07 Å². The van der Waals surface area contributed by atoms with E-state index in [2.05, 4.69) is 21.2 Å². The van der Waals surface area contributed by atoms with Gasteiger partial charge < -0.3 is 5.32 Å². The van der Waals surface area contributed by atoms with Gasteiger partial charge in [-0.2, -0.15) is 0 Å². The molecule has 0 spiro atoms. The topological polar surface area (TPSA) is 29.1 Å². The lowest BCUT2D eigenvalue weighted by molar-refractivity contribution is 0.0952. The monoisotopic (exact) mass is 287 g/mol. The summed E-state index contributed by atoms with van der Waals surface area (Å²) in [6.07, 6.45) is 2.46. The van der Waals surface area contributed by atoms with Crippen molar-refractivity contribution >= 4 is 33.4 Å². The van der Waals surface area contributed by atoms with E-state index in [-0.39, 0.29) is 5.91 Å². The summed E-state index contributed by atoms with van der Waals surface area (Å²) in [5.41, 5.74) is 0.534. The Labute approximate surface area is 102 Å². The predicted molar refractivity (Wildman–Crippen MR) is 64.2 cm³/mol. The highest BCUT2D eigenvalue weighted by molar-refractivity contribution is 9.10. The molecule has 0 aromatic heterocycles. The highest BCUT2D eigenvalue weighted by Crippen LogP contribution is 2.28. The van der Waals surface area contributed by atoms with Gasteiger partial charge in [0.25, 0.3) is 5.91 Å². The molecule has 0 heterocycles. The Kier molecular flexibility index (Phi) is 3.32. The Morgan fingerprint density at radius 1 is 1.53 bits per heavy atom. The molecule has 0 atom stereocenters. The molecule has 15 heavy (non-hydrogen) atoms. The highest BCUT2D eigenvalue weighted by atomic mass is 79.9. The van der Waals surface area contributed by atoms with Crippen LogP contribution in [0.3, 0.4) is 0 Å². The van der Waals surface area contributed by atoms with Crippen LogP contribution in [0.15, 0.2) is 22.7 Å². The maximum Gasteiger partial charge on any atom is 0.252 e. The zero-order valence-electron chi connectivity index (χ0n) is 8.09. The first-order chi connectivity index (χ1) is 7.18. The first-order valence-corrected chi connectivity index (χ1v) is 6.08. The fourth-order valence-corrected chi connectivity index (χ4v) is 1.91. The number of halogens is 2. The Bertz CT molecular complexity index is 390. The van der Waals surface area contributed by atoms with Crippen LogP contribution in [0.1, 0.15) is 23.2 Å². The molecule has 2 rings (SSSR count). The minimum Gasteiger partial charge on any atom is -0.352 e. The van der Waals surface area contributed by atoms with E-state index in [0.717, 1.165) is 11.0 Å². The largest absolute Gasteiger partial charge is 0.352 e. The third-order valence-corrected chi connectivity index (χ3v) is 3.74. The predicted octanol–water partition coefficient (Wildman–Crippen LogP) is 3.24. The number of nitrogens with one attached hydrogen (secondary N) is 1. The van der Waals surface area contributed by atoms with Gasteiger partial charge in [-0.25, -0.2) is 0 Å². The molecule has 1 saturated carbocycles. The third-order valence-electron chi connectivity index (χ3n) is 2.44. The van der Waals surface area contributed by atoms with Crippen LogP contribution in [0.2, 0.25) is 5.02 Å². The summed E-state index contributed by atoms with van der Waals surface area (Å²) in [7, 11) is 0. The second-order valence-electron chi connectivity index (χ2n) is 3.75. The van der Waals surface area contributed by atoms with E-state index < -0.39 is 0 Å². The van der Waals surface area contributed by atoms with E-state index in [1.807, 2.05) is 12.1 Å². The van der Waals surface area contributed by atoms with Gasteiger partial charge >= 0.3 is 0 Å². The van der Waals surface area contributed by atoms with Crippen LogP contribution >= 0.6 is 27.5 Å². The van der Waals surface area contributed by atoms with Crippen molar-refractivity contribution in [2.24, 2.45) is 5.92 Å². The lowest BCUT2D eigenvalue weighted by Gasteiger charge is -2.06. The molecule has 2 nitrogen and oxygen atoms in total. The summed E-state index contributed by atoms with van der Waals surface area (Å²) in [6, 6.07) is 5.36. The summed E-state index contributed by atoms with van der Waals surface area (Å²) >= 11 is 9.31. The number of hydrogen-bond acceptors (Lipinski definition) is 1. The smallest absolute Gasteiger partial charge is 0.252 e. The quantitative estimate of drug-likeness (QED) is 0.909. The molecule has 1 N–H and O–H groups in total. The molecule has 0 unspecified atom stereocenters. The number of carbonyl (C=O) groups is 1. The van der Waals surface area contributed by atoms with E-state index in [9.17, 15) is 4.79 Å². The van der Waals surface area contributed by atoms with E-state index in [0.29, 0.717) is 16.5 Å². The van der Waals surface area contributed by atoms with E-state index in [1.165, 1.54) is 12.8 Å². The Hall–Kier alpha value is -0.540. The molecule has 1 aliphatic carbocycles. The average molecular weight is 289 g/mol. The molecule has 1 aliphatic rings. The second-order valence-corrected chi connectivity index (χ2v) is 4.99. The van der Waals surface area contributed by atoms with E-state index >= 15 is 0 Å². The Morgan fingerprint density at radius 2 is 2.27 bits per heavy atom. The first kappa shape index (κ1) is 11.0. The lowest BCUT2D eigenvalue weighted by Crippen LogP contribution is -2.25. The number of hydrogen-bond donors (Lipinski definition) is 1. The summed E-state index contributed by atoms with van der Waals surface area (Å²) < 4.78 is 0.753. The van der Waals surface area contributed by atoms with Crippen LogP contribution < -0.4 is 5.32 Å². The summed E-state index contributed by atoms with van der Waals surface area (Å²) in [6.45, 7) is 0.766. The van der Waals surface area contributed by atoms with Crippen molar-refractivity contribution in [3.8, 4) is 0 Å². The van der Waals surface area contributed by atoms with Crippen LogP contribution in [-0.2, 0) is 0 Å². The van der Waals surface area contributed by atoms with Crippen molar-refractivity contribution in [2.45, 2.75) is 12.8 Å². The highest BCUT2D eigenvalue weighted by Gasteiger charge is 2.22. The second kappa shape index (κ2) is 4.54. The summed E-state index contributed by atoms with van der Waals surface area (Å²) in [5, 5.41) is 3.36. The molecule has 0 bridgehead atoms. The van der Waals surface area contributed by atoms with Gasteiger partial charge in [-0.05, 0) is 46.8 Å². The number of rotatable bonds is 3. The average Bonchev–Trinajstić information content (AvgIpc) is 3.02. The van der Waals surface area contributed by atoms with Gasteiger partial charge in [-0.3, -0.25) is 4.79 Å². The van der Waals surface area contributed by atoms with Crippen molar-refractivity contribution in [3.63, 3.8) is 0 Å².